The predicted octanol–water partition coefficient (Wildman–Crippen LogP) is 4.39. The monoisotopic (exact) mass is 384 g/mol. The molecule has 0 heterocycles. The maximum absolute atomic E-state index is 12.3. The Morgan fingerprint density at radius 3 is 2.33 bits per heavy atom. The normalized spacial score (nSPS) is 22.3. The molecule has 4 nitrogen and oxygen atoms in total. The molecule has 1 saturated carbocycles. The molecule has 27 heavy (non-hydrogen) atoms. The number of hydrogen-bond donors (Lipinski definition) is 2. The van der Waals surface area contributed by atoms with Gasteiger partial charge in [0.05, 0.1) is 5.25 Å². The zero-order valence-electron chi connectivity index (χ0n) is 16.2. The third kappa shape index (κ3) is 3.63. The Labute approximate surface area is 162 Å². The molecule has 0 spiro atoms. The molecule has 0 radical (unpaired) electrons. The van der Waals surface area contributed by atoms with Crippen molar-refractivity contribution in [2.75, 3.05) is 11.8 Å². The average Bonchev–Trinajstić information content (AvgIpc) is 3.48. The highest BCUT2D eigenvalue weighted by Crippen LogP contribution is 2.42. The van der Waals surface area contributed by atoms with E-state index in [0.717, 1.165) is 25.7 Å². The van der Waals surface area contributed by atoms with Crippen molar-refractivity contribution in [2.45, 2.75) is 56.7 Å². The van der Waals surface area contributed by atoms with Gasteiger partial charge in [-0.05, 0) is 86.5 Å². The smallest absolute Gasteiger partial charge is 0.235 e. The number of benzene rings is 2. The first-order valence-corrected chi connectivity index (χ1v) is 11.3. The number of rotatable bonds is 5. The lowest BCUT2D eigenvalue weighted by molar-refractivity contribution is 0.471. The van der Waals surface area contributed by atoms with E-state index < -0.39 is 10.0 Å². The molecule has 1 fully saturated rings. The van der Waals surface area contributed by atoms with Crippen LogP contribution in [0.1, 0.15) is 65.5 Å². The van der Waals surface area contributed by atoms with Crippen molar-refractivity contribution in [1.29, 1.82) is 0 Å². The van der Waals surface area contributed by atoms with Crippen LogP contribution in [0, 0.1) is 13.8 Å². The van der Waals surface area contributed by atoms with Crippen molar-refractivity contribution in [3.8, 4) is 0 Å². The fourth-order valence-corrected chi connectivity index (χ4v) is 5.53. The highest BCUT2D eigenvalue weighted by molar-refractivity contribution is 7.93. The van der Waals surface area contributed by atoms with E-state index in [9.17, 15) is 8.42 Å². The number of hydrogen-bond acceptors (Lipinski definition) is 3. The number of aryl methyl sites for hydroxylation is 2. The van der Waals surface area contributed by atoms with Gasteiger partial charge in [0.25, 0.3) is 0 Å². The van der Waals surface area contributed by atoms with E-state index in [0.29, 0.717) is 11.6 Å². The summed E-state index contributed by atoms with van der Waals surface area (Å²) in [5, 5.41) is 3.19. The van der Waals surface area contributed by atoms with E-state index in [4.69, 9.17) is 0 Å². The molecule has 0 saturated heterocycles. The van der Waals surface area contributed by atoms with Crippen LogP contribution in [0.2, 0.25) is 0 Å². The highest BCUT2D eigenvalue weighted by atomic mass is 32.2. The Morgan fingerprint density at radius 2 is 1.67 bits per heavy atom. The molecular weight excluding hydrogens is 356 g/mol. The number of sulfonamides is 1. The van der Waals surface area contributed by atoms with Gasteiger partial charge in [-0.15, -0.1) is 0 Å². The van der Waals surface area contributed by atoms with Gasteiger partial charge in [-0.3, -0.25) is 4.72 Å². The summed E-state index contributed by atoms with van der Waals surface area (Å²) in [6, 6.07) is 13.1. The second-order valence-corrected chi connectivity index (χ2v) is 9.97. The number of fused-ring (bicyclic) bond motifs is 1. The van der Waals surface area contributed by atoms with Crippen LogP contribution in [0.25, 0.3) is 0 Å². The number of anilines is 1. The second kappa shape index (κ2) is 6.95. The van der Waals surface area contributed by atoms with Crippen molar-refractivity contribution in [2.24, 2.45) is 0 Å². The zero-order chi connectivity index (χ0) is 19.2. The van der Waals surface area contributed by atoms with E-state index in [1.165, 1.54) is 27.8 Å². The van der Waals surface area contributed by atoms with Gasteiger partial charge in [-0.2, -0.15) is 0 Å². The molecule has 2 aromatic carbocycles. The summed E-state index contributed by atoms with van der Waals surface area (Å²) in [7, 11) is -1.26. The summed E-state index contributed by atoms with van der Waals surface area (Å²) in [5.41, 5.74) is 7.18. The van der Waals surface area contributed by atoms with Crippen molar-refractivity contribution >= 4 is 15.7 Å². The van der Waals surface area contributed by atoms with Gasteiger partial charge in [-0.25, -0.2) is 8.42 Å². The lowest BCUT2D eigenvalue weighted by Crippen LogP contribution is -2.25. The fourth-order valence-electron chi connectivity index (χ4n) is 4.16. The summed E-state index contributed by atoms with van der Waals surface area (Å²) in [6.45, 7) is 4.30. The fraction of sp³-hybridized carbons (Fsp3) is 0.455. The molecule has 2 atom stereocenters. The number of nitrogens with one attached hydrogen (secondary N) is 2. The van der Waals surface area contributed by atoms with Gasteiger partial charge in [0.2, 0.25) is 10.0 Å². The van der Waals surface area contributed by atoms with E-state index in [2.05, 4.69) is 48.2 Å². The summed E-state index contributed by atoms with van der Waals surface area (Å²) in [6.07, 6.45) is 3.68. The Morgan fingerprint density at radius 1 is 0.889 bits per heavy atom. The lowest BCUT2D eigenvalue weighted by atomic mass is 9.76. The minimum atomic E-state index is -3.24. The molecule has 4 rings (SSSR count). The quantitative estimate of drug-likeness (QED) is 0.804. The van der Waals surface area contributed by atoms with Gasteiger partial charge in [0.15, 0.2) is 0 Å². The summed E-state index contributed by atoms with van der Waals surface area (Å²) >= 11 is 0. The first-order chi connectivity index (χ1) is 12.9. The van der Waals surface area contributed by atoms with Gasteiger partial charge >= 0.3 is 0 Å². The van der Waals surface area contributed by atoms with Crippen molar-refractivity contribution in [3.05, 3.63) is 64.2 Å². The van der Waals surface area contributed by atoms with Crippen LogP contribution >= 0.6 is 0 Å². The van der Waals surface area contributed by atoms with Crippen molar-refractivity contribution in [1.82, 2.24) is 5.32 Å². The maximum atomic E-state index is 12.3. The molecule has 2 aromatic rings. The SMILES string of the molecule is CN[C@H]1CC[C@@H](c2ccc(C)c(C)c2)c2ccc(NS(=O)(=O)C3CC3)cc21. The molecule has 0 bridgehead atoms. The largest absolute Gasteiger partial charge is 0.313 e. The van der Waals surface area contributed by atoms with Crippen LogP contribution in [-0.2, 0) is 10.0 Å². The molecule has 0 amide bonds. The maximum Gasteiger partial charge on any atom is 0.235 e. The van der Waals surface area contributed by atoms with Gasteiger partial charge in [-0.1, -0.05) is 24.3 Å². The molecule has 144 valence electrons. The van der Waals surface area contributed by atoms with Gasteiger partial charge in [0, 0.05) is 17.6 Å². The standard InChI is InChI=1S/C22H28N2O2S/c1-14-4-5-16(12-15(14)2)19-10-11-22(23-3)21-13-17(6-9-20(19)21)24-27(25,26)18-7-8-18/h4-6,9,12-13,18-19,22-24H,7-8,10-11H2,1-3H3/t19-,22-/m0/s1. The van der Waals surface area contributed by atoms with E-state index in [1.54, 1.807) is 0 Å². The van der Waals surface area contributed by atoms with Crippen LogP contribution in [0.15, 0.2) is 36.4 Å². The van der Waals surface area contributed by atoms with Gasteiger partial charge < -0.3 is 5.32 Å². The van der Waals surface area contributed by atoms with Crippen molar-refractivity contribution < 1.29 is 8.42 Å². The van der Waals surface area contributed by atoms with E-state index in [-0.39, 0.29) is 11.3 Å². The first kappa shape index (κ1) is 18.5. The summed E-state index contributed by atoms with van der Waals surface area (Å²) in [5.74, 6) is 0.359. The Hall–Kier alpha value is -1.85. The zero-order valence-corrected chi connectivity index (χ0v) is 17.1. The third-order valence-corrected chi connectivity index (χ3v) is 7.96. The van der Waals surface area contributed by atoms with Crippen LogP contribution in [0.3, 0.4) is 0 Å². The average molecular weight is 385 g/mol. The molecule has 0 aromatic heterocycles. The Kier molecular flexibility index (Phi) is 4.77. The molecule has 0 aliphatic heterocycles. The molecule has 5 heteroatoms. The van der Waals surface area contributed by atoms with E-state index in [1.807, 2.05) is 19.2 Å². The van der Waals surface area contributed by atoms with E-state index >= 15 is 0 Å². The third-order valence-electron chi connectivity index (χ3n) is 6.09. The van der Waals surface area contributed by atoms with Crippen LogP contribution in [-0.4, -0.2) is 20.7 Å². The predicted molar refractivity (Wildman–Crippen MR) is 111 cm³/mol. The highest BCUT2D eigenvalue weighted by Gasteiger charge is 2.36. The van der Waals surface area contributed by atoms with Crippen LogP contribution in [0.5, 0.6) is 0 Å². The minimum absolute atomic E-state index is 0.211. The molecule has 2 aliphatic carbocycles. The summed E-state index contributed by atoms with van der Waals surface area (Å²) in [4.78, 5) is 0. The van der Waals surface area contributed by atoms with Crippen LogP contribution < -0.4 is 10.0 Å². The van der Waals surface area contributed by atoms with Crippen LogP contribution in [0.4, 0.5) is 5.69 Å². The molecule has 0 unspecified atom stereocenters. The molecular formula is C22H28N2O2S. The van der Waals surface area contributed by atoms with Gasteiger partial charge in [0.1, 0.15) is 0 Å². The summed E-state index contributed by atoms with van der Waals surface area (Å²) < 4.78 is 27.4. The second-order valence-electron chi connectivity index (χ2n) is 8.01. The molecule has 2 aliphatic rings. The Bertz CT molecular complexity index is 964. The van der Waals surface area contributed by atoms with Crippen molar-refractivity contribution in [3.63, 3.8) is 0 Å². The first-order valence-electron chi connectivity index (χ1n) is 9.79. The topological polar surface area (TPSA) is 58.2 Å². The Balaban J connectivity index is 1.70. The molecule has 2 N–H and O–H groups in total. The lowest BCUT2D eigenvalue weighted by Gasteiger charge is -2.32. The minimum Gasteiger partial charge on any atom is -0.313 e.